The Morgan fingerprint density at radius 1 is 1.47 bits per heavy atom. The van der Waals surface area contributed by atoms with Crippen LogP contribution in [0.2, 0.25) is 0 Å². The number of halogens is 1. The summed E-state index contributed by atoms with van der Waals surface area (Å²) in [6.07, 6.45) is 2.45. The number of carbonyl (C=O) groups is 1. The number of rotatable bonds is 4. The Bertz CT molecular complexity index is 541. The van der Waals surface area contributed by atoms with Crippen molar-refractivity contribution in [2.24, 2.45) is 0 Å². The molecule has 0 amide bonds. The largest absolute Gasteiger partial charge is 0.481 e. The topological polar surface area (TPSA) is 89.1 Å². The Balaban J connectivity index is 2.18. The van der Waals surface area contributed by atoms with E-state index in [0.29, 0.717) is 0 Å². The molecule has 6 nitrogen and oxygen atoms in total. The average molecular weight is 237 g/mol. The van der Waals surface area contributed by atoms with Gasteiger partial charge in [-0.25, -0.2) is 4.39 Å². The van der Waals surface area contributed by atoms with Crippen LogP contribution >= 0.6 is 0 Å². The molecule has 1 N–H and O–H groups in total. The smallest absolute Gasteiger partial charge is 0.303 e. The van der Waals surface area contributed by atoms with Gasteiger partial charge >= 0.3 is 5.97 Å². The molecular formula is C10H8FN3O3. The molecule has 0 spiro atoms. The van der Waals surface area contributed by atoms with Crippen LogP contribution in [0.3, 0.4) is 0 Å². The molecular weight excluding hydrogens is 229 g/mol. The van der Waals surface area contributed by atoms with Crippen molar-refractivity contribution in [3.8, 4) is 11.5 Å². The van der Waals surface area contributed by atoms with Crippen molar-refractivity contribution in [1.29, 1.82) is 0 Å². The van der Waals surface area contributed by atoms with E-state index in [9.17, 15) is 9.18 Å². The van der Waals surface area contributed by atoms with Gasteiger partial charge in [0.15, 0.2) is 5.82 Å². The van der Waals surface area contributed by atoms with Crippen LogP contribution in [0.1, 0.15) is 12.3 Å². The highest BCUT2D eigenvalue weighted by molar-refractivity contribution is 5.66. The minimum atomic E-state index is -0.958. The first kappa shape index (κ1) is 11.2. The zero-order chi connectivity index (χ0) is 12.3. The van der Waals surface area contributed by atoms with E-state index >= 15 is 0 Å². The number of hydrogen-bond acceptors (Lipinski definition) is 5. The molecule has 0 aliphatic carbocycles. The summed E-state index contributed by atoms with van der Waals surface area (Å²) in [5.74, 6) is -1.34. The second-order valence-corrected chi connectivity index (χ2v) is 3.25. The van der Waals surface area contributed by atoms with E-state index in [4.69, 9.17) is 9.52 Å². The molecule has 0 unspecified atom stereocenters. The molecule has 0 radical (unpaired) electrons. The van der Waals surface area contributed by atoms with Gasteiger partial charge in [0.1, 0.15) is 0 Å². The third-order valence-corrected chi connectivity index (χ3v) is 2.02. The number of nitrogens with zero attached hydrogens (tertiary/aromatic N) is 3. The van der Waals surface area contributed by atoms with Crippen LogP contribution in [0, 0.1) is 5.82 Å². The Hall–Kier alpha value is -2.31. The maximum atomic E-state index is 13.3. The van der Waals surface area contributed by atoms with E-state index < -0.39 is 11.8 Å². The SMILES string of the molecule is O=C(O)CCc1nnc(-c2ccncc2F)o1. The summed E-state index contributed by atoms with van der Waals surface area (Å²) in [5, 5.41) is 15.8. The van der Waals surface area contributed by atoms with Gasteiger partial charge in [-0.05, 0) is 6.07 Å². The molecule has 17 heavy (non-hydrogen) atoms. The van der Waals surface area contributed by atoms with Crippen molar-refractivity contribution in [3.63, 3.8) is 0 Å². The molecule has 0 saturated heterocycles. The van der Waals surface area contributed by atoms with Crippen molar-refractivity contribution >= 4 is 5.97 Å². The number of aliphatic carboxylic acids is 1. The first-order chi connectivity index (χ1) is 8.16. The van der Waals surface area contributed by atoms with Crippen LogP contribution in [0.15, 0.2) is 22.9 Å². The van der Waals surface area contributed by atoms with Crippen LogP contribution in [0.5, 0.6) is 0 Å². The monoisotopic (exact) mass is 237 g/mol. The predicted molar refractivity (Wildman–Crippen MR) is 53.4 cm³/mol. The first-order valence-corrected chi connectivity index (χ1v) is 4.81. The standard InChI is InChI=1S/C10H8FN3O3/c11-7-5-12-4-3-6(7)10-14-13-8(17-10)1-2-9(15)16/h3-5H,1-2H2,(H,15,16). The van der Waals surface area contributed by atoms with Crippen LogP contribution < -0.4 is 0 Å². The molecule has 0 aromatic carbocycles. The van der Waals surface area contributed by atoms with Gasteiger partial charge in [-0.1, -0.05) is 0 Å². The lowest BCUT2D eigenvalue weighted by Gasteiger charge is -1.94. The zero-order valence-electron chi connectivity index (χ0n) is 8.63. The summed E-state index contributed by atoms with van der Waals surface area (Å²) in [7, 11) is 0. The number of pyridine rings is 1. The maximum absolute atomic E-state index is 13.3. The van der Waals surface area contributed by atoms with E-state index in [-0.39, 0.29) is 30.2 Å². The molecule has 88 valence electrons. The number of aryl methyl sites for hydroxylation is 1. The average Bonchev–Trinajstić information content (AvgIpc) is 2.75. The van der Waals surface area contributed by atoms with Gasteiger partial charge in [0.25, 0.3) is 5.89 Å². The lowest BCUT2D eigenvalue weighted by Crippen LogP contribution is -1.97. The van der Waals surface area contributed by atoms with Crippen LogP contribution in [-0.2, 0) is 11.2 Å². The minimum Gasteiger partial charge on any atom is -0.481 e. The lowest BCUT2D eigenvalue weighted by molar-refractivity contribution is -0.137. The fourth-order valence-corrected chi connectivity index (χ4v) is 1.23. The fraction of sp³-hybridized carbons (Fsp3) is 0.200. The van der Waals surface area contributed by atoms with Gasteiger partial charge < -0.3 is 9.52 Å². The summed E-state index contributed by atoms with van der Waals surface area (Å²) in [5.41, 5.74) is 0.147. The van der Waals surface area contributed by atoms with Crippen molar-refractivity contribution in [2.45, 2.75) is 12.8 Å². The molecule has 0 aliphatic heterocycles. The van der Waals surface area contributed by atoms with E-state index in [0.717, 1.165) is 6.20 Å². The van der Waals surface area contributed by atoms with Gasteiger partial charge in [-0.15, -0.1) is 10.2 Å². The van der Waals surface area contributed by atoms with E-state index in [2.05, 4.69) is 15.2 Å². The van der Waals surface area contributed by atoms with Gasteiger partial charge in [0.2, 0.25) is 5.89 Å². The Morgan fingerprint density at radius 3 is 3.00 bits per heavy atom. The molecule has 2 rings (SSSR count). The second kappa shape index (κ2) is 4.69. The number of carboxylic acid groups (broad SMARTS) is 1. The molecule has 0 aliphatic rings. The number of hydrogen-bond donors (Lipinski definition) is 1. The Kier molecular flexibility index (Phi) is 3.08. The van der Waals surface area contributed by atoms with Gasteiger partial charge in [-0.3, -0.25) is 9.78 Å². The molecule has 0 saturated carbocycles. The maximum Gasteiger partial charge on any atom is 0.303 e. The van der Waals surface area contributed by atoms with Crippen LogP contribution in [0.4, 0.5) is 4.39 Å². The lowest BCUT2D eigenvalue weighted by atomic mass is 10.2. The van der Waals surface area contributed by atoms with Crippen molar-refractivity contribution in [1.82, 2.24) is 15.2 Å². The summed E-state index contributed by atoms with van der Waals surface area (Å²) >= 11 is 0. The highest BCUT2D eigenvalue weighted by Gasteiger charge is 2.13. The highest BCUT2D eigenvalue weighted by atomic mass is 19.1. The Morgan fingerprint density at radius 2 is 2.29 bits per heavy atom. The minimum absolute atomic E-state index is 0.0188. The number of carboxylic acids is 1. The van der Waals surface area contributed by atoms with Crippen LogP contribution in [0.25, 0.3) is 11.5 Å². The highest BCUT2D eigenvalue weighted by Crippen LogP contribution is 2.20. The van der Waals surface area contributed by atoms with Crippen molar-refractivity contribution in [2.75, 3.05) is 0 Å². The van der Waals surface area contributed by atoms with Gasteiger partial charge in [-0.2, -0.15) is 0 Å². The quantitative estimate of drug-likeness (QED) is 0.861. The van der Waals surface area contributed by atoms with Gasteiger partial charge in [0.05, 0.1) is 18.2 Å². The third-order valence-electron chi connectivity index (χ3n) is 2.02. The second-order valence-electron chi connectivity index (χ2n) is 3.25. The Labute approximate surface area is 95.1 Å². The molecule has 2 aromatic heterocycles. The molecule has 7 heteroatoms. The van der Waals surface area contributed by atoms with E-state index in [1.54, 1.807) is 0 Å². The molecule has 2 aromatic rings. The molecule has 0 bridgehead atoms. The van der Waals surface area contributed by atoms with Crippen molar-refractivity contribution < 1.29 is 18.7 Å². The zero-order valence-corrected chi connectivity index (χ0v) is 8.63. The normalized spacial score (nSPS) is 10.4. The third kappa shape index (κ3) is 2.63. The summed E-state index contributed by atoms with van der Waals surface area (Å²) < 4.78 is 18.5. The number of aromatic nitrogens is 3. The van der Waals surface area contributed by atoms with Gasteiger partial charge in [0, 0.05) is 12.6 Å². The summed E-state index contributed by atoms with van der Waals surface area (Å²) in [6, 6.07) is 1.41. The fourth-order valence-electron chi connectivity index (χ4n) is 1.23. The summed E-state index contributed by atoms with van der Waals surface area (Å²) in [4.78, 5) is 13.9. The van der Waals surface area contributed by atoms with Crippen LogP contribution in [-0.4, -0.2) is 26.3 Å². The first-order valence-electron chi connectivity index (χ1n) is 4.81. The molecule has 0 fully saturated rings. The van der Waals surface area contributed by atoms with Crippen molar-refractivity contribution in [3.05, 3.63) is 30.2 Å². The van der Waals surface area contributed by atoms with E-state index in [1.807, 2.05) is 0 Å². The molecule has 0 atom stereocenters. The van der Waals surface area contributed by atoms with E-state index in [1.165, 1.54) is 12.3 Å². The predicted octanol–water partition coefficient (Wildman–Crippen LogP) is 1.29. The molecule has 2 heterocycles. The summed E-state index contributed by atoms with van der Waals surface area (Å²) in [6.45, 7) is 0.